The lowest BCUT2D eigenvalue weighted by Crippen LogP contribution is -2.17. The van der Waals surface area contributed by atoms with Crippen molar-refractivity contribution in [3.05, 3.63) is 52.2 Å². The molecule has 0 bridgehead atoms. The van der Waals surface area contributed by atoms with Gasteiger partial charge in [0.25, 0.3) is 0 Å². The van der Waals surface area contributed by atoms with Gasteiger partial charge in [0.1, 0.15) is 11.6 Å². The highest BCUT2D eigenvalue weighted by Gasteiger charge is 2.39. The van der Waals surface area contributed by atoms with Crippen LogP contribution in [0, 0.1) is 11.7 Å². The first-order chi connectivity index (χ1) is 11.5. The minimum atomic E-state index is -0.250. The van der Waals surface area contributed by atoms with Gasteiger partial charge in [-0.2, -0.15) is 0 Å². The van der Waals surface area contributed by atoms with Crippen LogP contribution < -0.4 is 5.73 Å². The van der Waals surface area contributed by atoms with E-state index in [0.717, 1.165) is 29.7 Å². The summed E-state index contributed by atoms with van der Waals surface area (Å²) in [4.78, 5) is 8.61. The maximum atomic E-state index is 13.3. The number of hydrogen-bond donors (Lipinski definition) is 1. The second kappa shape index (κ2) is 7.03. The van der Waals surface area contributed by atoms with Crippen molar-refractivity contribution in [3.8, 4) is 0 Å². The molecular formula is C18H21ClFN3O. The fourth-order valence-corrected chi connectivity index (χ4v) is 3.94. The first-order valence-corrected chi connectivity index (χ1v) is 8.50. The Balaban J connectivity index is 2.07. The third-order valence-corrected chi connectivity index (χ3v) is 5.08. The van der Waals surface area contributed by atoms with E-state index in [9.17, 15) is 4.39 Å². The molecule has 0 fully saturated rings. The van der Waals surface area contributed by atoms with E-state index in [4.69, 9.17) is 22.1 Å². The maximum absolute atomic E-state index is 13.3. The van der Waals surface area contributed by atoms with Crippen molar-refractivity contribution >= 4 is 17.4 Å². The van der Waals surface area contributed by atoms with Gasteiger partial charge in [-0.25, -0.2) is 14.4 Å². The quantitative estimate of drug-likeness (QED) is 0.824. The lowest BCUT2D eigenvalue weighted by Gasteiger charge is -2.23. The molecule has 0 saturated heterocycles. The fraction of sp³-hybridized carbons (Fsp3) is 0.444. The van der Waals surface area contributed by atoms with Gasteiger partial charge < -0.3 is 10.5 Å². The van der Waals surface area contributed by atoms with Crippen LogP contribution in [0.1, 0.15) is 48.4 Å². The van der Waals surface area contributed by atoms with Crippen molar-refractivity contribution < 1.29 is 9.13 Å². The molecule has 1 aliphatic carbocycles. The Morgan fingerprint density at radius 2 is 2.04 bits per heavy atom. The summed E-state index contributed by atoms with van der Waals surface area (Å²) >= 11 is 6.04. The molecule has 0 aliphatic heterocycles. The van der Waals surface area contributed by atoms with Crippen LogP contribution in [0.25, 0.3) is 0 Å². The number of fused-ring (bicyclic) bond motifs is 1. The molecule has 0 spiro atoms. The van der Waals surface area contributed by atoms with Crippen LogP contribution in [0.5, 0.6) is 0 Å². The van der Waals surface area contributed by atoms with E-state index >= 15 is 0 Å². The maximum Gasteiger partial charge on any atom is 0.224 e. The predicted molar refractivity (Wildman–Crippen MR) is 92.7 cm³/mol. The average molecular weight is 350 g/mol. The lowest BCUT2D eigenvalue weighted by atomic mass is 9.85. The molecule has 4 nitrogen and oxygen atoms in total. The topological polar surface area (TPSA) is 61.0 Å². The Hall–Kier alpha value is -1.72. The largest absolute Gasteiger partial charge is 0.384 e. The standard InChI is InChI=1S/C18H21ClFN3O/c1-3-10(9-24-2)13-8-14(11-4-6-12(20)7-5-11)16-15(13)17(21)23-18(19)22-16/h4-7,10,13-14H,3,8-9H2,1-2H3,(H2,21,22,23)/t10-,13?,14?/m0/s1. The SMILES string of the molecule is CC[C@@H](COC)C1CC(c2ccc(F)cc2)c2nc(Cl)nc(N)c21. The summed E-state index contributed by atoms with van der Waals surface area (Å²) in [5, 5.41) is 0.152. The van der Waals surface area contributed by atoms with Crippen molar-refractivity contribution in [2.45, 2.75) is 31.6 Å². The van der Waals surface area contributed by atoms with Crippen LogP contribution in [0.4, 0.5) is 10.2 Å². The van der Waals surface area contributed by atoms with E-state index in [-0.39, 0.29) is 22.9 Å². The van der Waals surface area contributed by atoms with E-state index in [0.29, 0.717) is 18.3 Å². The van der Waals surface area contributed by atoms with Gasteiger partial charge in [0.05, 0.1) is 5.69 Å². The summed E-state index contributed by atoms with van der Waals surface area (Å²) < 4.78 is 18.7. The van der Waals surface area contributed by atoms with E-state index in [1.54, 1.807) is 19.2 Å². The van der Waals surface area contributed by atoms with Crippen LogP contribution in [0.2, 0.25) is 5.28 Å². The van der Waals surface area contributed by atoms with Crippen LogP contribution in [0.15, 0.2) is 24.3 Å². The fourth-order valence-electron chi connectivity index (χ4n) is 3.75. The van der Waals surface area contributed by atoms with Crippen molar-refractivity contribution in [3.63, 3.8) is 0 Å². The molecule has 3 atom stereocenters. The first-order valence-electron chi connectivity index (χ1n) is 8.12. The Morgan fingerprint density at radius 1 is 1.33 bits per heavy atom. The number of benzene rings is 1. The number of nitrogens with zero attached hydrogens (tertiary/aromatic N) is 2. The average Bonchev–Trinajstić information content (AvgIpc) is 2.93. The highest BCUT2D eigenvalue weighted by Crippen LogP contribution is 2.50. The van der Waals surface area contributed by atoms with Crippen molar-refractivity contribution in [1.82, 2.24) is 9.97 Å². The number of hydrogen-bond acceptors (Lipinski definition) is 4. The molecule has 0 saturated carbocycles. The Kier molecular flexibility index (Phi) is 5.01. The van der Waals surface area contributed by atoms with Crippen molar-refractivity contribution in [2.24, 2.45) is 5.92 Å². The monoisotopic (exact) mass is 349 g/mol. The number of halogens is 2. The zero-order valence-corrected chi connectivity index (χ0v) is 14.6. The Labute approximate surface area is 146 Å². The predicted octanol–water partition coefficient (Wildman–Crippen LogP) is 4.14. The highest BCUT2D eigenvalue weighted by atomic mass is 35.5. The molecule has 2 aromatic rings. The van der Waals surface area contributed by atoms with Gasteiger partial charge in [-0.3, -0.25) is 0 Å². The van der Waals surface area contributed by atoms with E-state index in [1.807, 2.05) is 0 Å². The molecule has 3 rings (SSSR count). The summed E-state index contributed by atoms with van der Waals surface area (Å²) in [6.45, 7) is 2.79. The van der Waals surface area contributed by atoms with E-state index < -0.39 is 0 Å². The number of nitrogens with two attached hydrogens (primary N) is 1. The summed E-state index contributed by atoms with van der Waals surface area (Å²) in [5.41, 5.74) is 9.03. The minimum Gasteiger partial charge on any atom is -0.384 e. The lowest BCUT2D eigenvalue weighted by molar-refractivity contribution is 0.135. The summed E-state index contributed by atoms with van der Waals surface area (Å²) in [7, 11) is 1.71. The number of rotatable bonds is 5. The summed E-state index contributed by atoms with van der Waals surface area (Å²) in [6, 6.07) is 6.55. The van der Waals surface area contributed by atoms with Crippen LogP contribution >= 0.6 is 11.6 Å². The number of aromatic nitrogens is 2. The molecule has 128 valence electrons. The van der Waals surface area contributed by atoms with E-state index in [1.165, 1.54) is 12.1 Å². The molecule has 2 unspecified atom stereocenters. The number of methoxy groups -OCH3 is 1. The molecular weight excluding hydrogens is 329 g/mol. The van der Waals surface area contributed by atoms with Gasteiger partial charge in [0.2, 0.25) is 5.28 Å². The van der Waals surface area contributed by atoms with Crippen molar-refractivity contribution in [2.75, 3.05) is 19.5 Å². The van der Waals surface area contributed by atoms with Crippen LogP contribution in [0.3, 0.4) is 0 Å². The second-order valence-corrected chi connectivity index (χ2v) is 6.58. The molecule has 2 N–H and O–H groups in total. The number of ether oxygens (including phenoxy) is 1. The molecule has 6 heteroatoms. The second-order valence-electron chi connectivity index (χ2n) is 6.25. The number of nitrogen functional groups attached to an aromatic ring is 1. The van der Waals surface area contributed by atoms with E-state index in [2.05, 4.69) is 16.9 Å². The molecule has 1 aromatic carbocycles. The highest BCUT2D eigenvalue weighted by molar-refractivity contribution is 6.28. The smallest absolute Gasteiger partial charge is 0.224 e. The molecule has 1 aromatic heterocycles. The Bertz CT molecular complexity index is 723. The van der Waals surface area contributed by atoms with Crippen molar-refractivity contribution in [1.29, 1.82) is 0 Å². The summed E-state index contributed by atoms with van der Waals surface area (Å²) in [5.74, 6) is 0.761. The molecule has 0 amide bonds. The third-order valence-electron chi connectivity index (χ3n) is 4.91. The third kappa shape index (κ3) is 3.10. The number of anilines is 1. The molecule has 1 aliphatic rings. The van der Waals surface area contributed by atoms with Gasteiger partial charge in [-0.15, -0.1) is 0 Å². The van der Waals surface area contributed by atoms with Gasteiger partial charge >= 0.3 is 0 Å². The Morgan fingerprint density at radius 3 is 2.67 bits per heavy atom. The van der Waals surface area contributed by atoms with Crippen LogP contribution in [-0.2, 0) is 4.74 Å². The molecule has 0 radical (unpaired) electrons. The zero-order valence-electron chi connectivity index (χ0n) is 13.8. The van der Waals surface area contributed by atoms with Crippen LogP contribution in [-0.4, -0.2) is 23.7 Å². The van der Waals surface area contributed by atoms with Gasteiger partial charge in [0.15, 0.2) is 0 Å². The van der Waals surface area contributed by atoms with Gasteiger partial charge in [-0.1, -0.05) is 25.5 Å². The normalized spacial score (nSPS) is 20.8. The minimum absolute atomic E-state index is 0.0410. The molecule has 24 heavy (non-hydrogen) atoms. The van der Waals surface area contributed by atoms with Gasteiger partial charge in [-0.05, 0) is 47.6 Å². The first kappa shape index (κ1) is 17.1. The summed E-state index contributed by atoms with van der Waals surface area (Å²) in [6.07, 6.45) is 1.82. The zero-order chi connectivity index (χ0) is 17.3. The van der Waals surface area contributed by atoms with Gasteiger partial charge in [0, 0.05) is 25.2 Å². The molecule has 1 heterocycles.